The van der Waals surface area contributed by atoms with Crippen molar-refractivity contribution in [3.05, 3.63) is 28.2 Å². The van der Waals surface area contributed by atoms with Crippen LogP contribution in [0.25, 0.3) is 0 Å². The van der Waals surface area contributed by atoms with Gasteiger partial charge in [0.25, 0.3) is 0 Å². The van der Waals surface area contributed by atoms with E-state index in [4.69, 9.17) is 11.1 Å². The summed E-state index contributed by atoms with van der Waals surface area (Å²) in [5.41, 5.74) is 7.40. The number of anilines is 1. The molecule has 5 heteroatoms. The Labute approximate surface area is 115 Å². The van der Waals surface area contributed by atoms with Gasteiger partial charge in [-0.1, -0.05) is 15.9 Å². The van der Waals surface area contributed by atoms with Crippen molar-refractivity contribution in [1.29, 1.82) is 5.41 Å². The lowest BCUT2D eigenvalue weighted by Crippen LogP contribution is -2.32. The molecule has 0 aliphatic heterocycles. The molecule has 3 nitrogen and oxygen atoms in total. The normalized spacial score (nSPS) is 12.2. The standard InChI is InChI=1S/C12H18BrN3S/c1-8(7-17-3)16(2)11-5-4-9(13)6-10(11)12(14)15/h4-6,8H,7H2,1-3H3,(H3,14,15). The molecule has 0 aliphatic rings. The lowest BCUT2D eigenvalue weighted by molar-refractivity contribution is 0.765. The summed E-state index contributed by atoms with van der Waals surface area (Å²) in [5, 5.41) is 7.63. The molecule has 0 saturated heterocycles. The molecule has 3 N–H and O–H groups in total. The van der Waals surface area contributed by atoms with Gasteiger partial charge >= 0.3 is 0 Å². The highest BCUT2D eigenvalue weighted by Gasteiger charge is 2.14. The SMILES string of the molecule is CSCC(C)N(C)c1ccc(Br)cc1C(=N)N. The van der Waals surface area contributed by atoms with Crippen LogP contribution in [0.2, 0.25) is 0 Å². The van der Waals surface area contributed by atoms with Gasteiger partial charge in [0.2, 0.25) is 0 Å². The Bertz CT molecular complexity index is 409. The van der Waals surface area contributed by atoms with Gasteiger partial charge in [-0.3, -0.25) is 5.41 Å². The average Bonchev–Trinajstić information content (AvgIpc) is 2.28. The summed E-state index contributed by atoms with van der Waals surface area (Å²) in [7, 11) is 2.04. The second kappa shape index (κ2) is 6.31. The van der Waals surface area contributed by atoms with E-state index < -0.39 is 0 Å². The number of nitrogens with zero attached hydrogens (tertiary/aromatic N) is 1. The van der Waals surface area contributed by atoms with Crippen LogP contribution >= 0.6 is 27.7 Å². The minimum Gasteiger partial charge on any atom is -0.384 e. The molecule has 1 rings (SSSR count). The summed E-state index contributed by atoms with van der Waals surface area (Å²) in [6.45, 7) is 2.17. The highest BCUT2D eigenvalue weighted by molar-refractivity contribution is 9.10. The van der Waals surface area contributed by atoms with E-state index in [-0.39, 0.29) is 5.84 Å². The van der Waals surface area contributed by atoms with Crippen LogP contribution in [0.5, 0.6) is 0 Å². The fourth-order valence-electron chi connectivity index (χ4n) is 1.62. The molecule has 1 aromatic carbocycles. The largest absolute Gasteiger partial charge is 0.384 e. The molecular weight excluding hydrogens is 298 g/mol. The van der Waals surface area contributed by atoms with Gasteiger partial charge in [0.15, 0.2) is 0 Å². The first-order valence-corrected chi connectivity index (χ1v) is 7.51. The Morgan fingerprint density at radius 2 is 2.24 bits per heavy atom. The third kappa shape index (κ3) is 3.64. The summed E-state index contributed by atoms with van der Waals surface area (Å²) >= 11 is 5.22. The van der Waals surface area contributed by atoms with Gasteiger partial charge in [-0.2, -0.15) is 11.8 Å². The zero-order valence-corrected chi connectivity index (χ0v) is 12.7. The van der Waals surface area contributed by atoms with Crippen molar-refractivity contribution in [1.82, 2.24) is 0 Å². The number of hydrogen-bond donors (Lipinski definition) is 2. The smallest absolute Gasteiger partial charge is 0.124 e. The predicted molar refractivity (Wildman–Crippen MR) is 81.4 cm³/mol. The molecule has 0 spiro atoms. The highest BCUT2D eigenvalue weighted by Crippen LogP contribution is 2.25. The van der Waals surface area contributed by atoms with E-state index >= 15 is 0 Å². The fourth-order valence-corrected chi connectivity index (χ4v) is 2.69. The third-order valence-electron chi connectivity index (χ3n) is 2.70. The van der Waals surface area contributed by atoms with Crippen LogP contribution in [-0.2, 0) is 0 Å². The monoisotopic (exact) mass is 315 g/mol. The van der Waals surface area contributed by atoms with E-state index in [2.05, 4.69) is 34.0 Å². The molecule has 1 aromatic rings. The highest BCUT2D eigenvalue weighted by atomic mass is 79.9. The van der Waals surface area contributed by atoms with Gasteiger partial charge in [-0.15, -0.1) is 0 Å². The fraction of sp³-hybridized carbons (Fsp3) is 0.417. The number of nitrogens with one attached hydrogen (secondary N) is 1. The number of nitrogens with two attached hydrogens (primary N) is 1. The molecule has 0 aromatic heterocycles. The van der Waals surface area contributed by atoms with Crippen molar-refractivity contribution in [2.45, 2.75) is 13.0 Å². The first kappa shape index (κ1) is 14.4. The molecular formula is C12H18BrN3S. The number of nitrogen functional groups attached to an aromatic ring is 1. The van der Waals surface area contributed by atoms with Crippen molar-refractivity contribution in [3.8, 4) is 0 Å². The Morgan fingerprint density at radius 3 is 2.76 bits per heavy atom. The van der Waals surface area contributed by atoms with Crippen molar-refractivity contribution in [2.24, 2.45) is 5.73 Å². The van der Waals surface area contributed by atoms with Crippen LogP contribution in [0.1, 0.15) is 12.5 Å². The zero-order chi connectivity index (χ0) is 13.0. The lowest BCUT2D eigenvalue weighted by atomic mass is 10.1. The maximum absolute atomic E-state index is 7.63. The number of thioether (sulfide) groups is 1. The van der Waals surface area contributed by atoms with Gasteiger partial charge in [0.1, 0.15) is 5.84 Å². The second-order valence-electron chi connectivity index (χ2n) is 3.99. The minimum atomic E-state index is 0.101. The average molecular weight is 316 g/mol. The van der Waals surface area contributed by atoms with Crippen LogP contribution in [-0.4, -0.2) is 30.9 Å². The summed E-state index contributed by atoms with van der Waals surface area (Å²) < 4.78 is 0.942. The lowest BCUT2D eigenvalue weighted by Gasteiger charge is -2.28. The Balaban J connectivity index is 3.08. The first-order chi connectivity index (χ1) is 7.97. The third-order valence-corrected chi connectivity index (χ3v) is 4.01. The van der Waals surface area contributed by atoms with Gasteiger partial charge in [-0.05, 0) is 31.4 Å². The quantitative estimate of drug-likeness (QED) is 0.649. The van der Waals surface area contributed by atoms with Gasteiger partial charge in [0.05, 0.1) is 0 Å². The number of halogens is 1. The van der Waals surface area contributed by atoms with Crippen LogP contribution in [0.4, 0.5) is 5.69 Å². The zero-order valence-electron chi connectivity index (χ0n) is 10.3. The Kier molecular flexibility index (Phi) is 5.33. The Morgan fingerprint density at radius 1 is 1.59 bits per heavy atom. The molecule has 0 saturated carbocycles. The molecule has 0 amide bonds. The van der Waals surface area contributed by atoms with Crippen LogP contribution < -0.4 is 10.6 Å². The number of hydrogen-bond acceptors (Lipinski definition) is 3. The van der Waals surface area contributed by atoms with E-state index in [1.807, 2.05) is 37.0 Å². The second-order valence-corrected chi connectivity index (χ2v) is 5.82. The molecule has 1 unspecified atom stereocenters. The van der Waals surface area contributed by atoms with Crippen LogP contribution in [0.15, 0.2) is 22.7 Å². The molecule has 1 atom stereocenters. The van der Waals surface area contributed by atoms with E-state index in [1.165, 1.54) is 0 Å². The molecule has 0 aliphatic carbocycles. The molecule has 0 heterocycles. The molecule has 0 radical (unpaired) electrons. The summed E-state index contributed by atoms with van der Waals surface area (Å²) in [6, 6.07) is 6.27. The topological polar surface area (TPSA) is 53.1 Å². The maximum Gasteiger partial charge on any atom is 0.124 e. The molecule has 94 valence electrons. The molecule has 17 heavy (non-hydrogen) atoms. The maximum atomic E-state index is 7.63. The summed E-state index contributed by atoms with van der Waals surface area (Å²) in [4.78, 5) is 2.17. The first-order valence-electron chi connectivity index (χ1n) is 5.33. The Hall–Kier alpha value is -0.680. The number of benzene rings is 1. The van der Waals surface area contributed by atoms with E-state index in [0.29, 0.717) is 6.04 Å². The summed E-state index contributed by atoms with van der Waals surface area (Å²) in [5.74, 6) is 1.15. The van der Waals surface area contributed by atoms with Crippen LogP contribution in [0, 0.1) is 5.41 Å². The molecule has 0 fully saturated rings. The van der Waals surface area contributed by atoms with E-state index in [9.17, 15) is 0 Å². The van der Waals surface area contributed by atoms with Crippen molar-refractivity contribution in [2.75, 3.05) is 24.0 Å². The van der Waals surface area contributed by atoms with Crippen molar-refractivity contribution in [3.63, 3.8) is 0 Å². The number of amidine groups is 1. The van der Waals surface area contributed by atoms with E-state index in [1.54, 1.807) is 0 Å². The number of rotatable bonds is 5. The van der Waals surface area contributed by atoms with Gasteiger partial charge < -0.3 is 10.6 Å². The van der Waals surface area contributed by atoms with Gasteiger partial charge in [0, 0.05) is 34.6 Å². The summed E-state index contributed by atoms with van der Waals surface area (Å²) in [6.07, 6.45) is 2.10. The molecule has 0 bridgehead atoms. The van der Waals surface area contributed by atoms with Crippen molar-refractivity contribution < 1.29 is 0 Å². The minimum absolute atomic E-state index is 0.101. The van der Waals surface area contributed by atoms with Crippen molar-refractivity contribution >= 4 is 39.2 Å². The van der Waals surface area contributed by atoms with Crippen LogP contribution in [0.3, 0.4) is 0 Å². The van der Waals surface area contributed by atoms with Gasteiger partial charge in [-0.25, -0.2) is 0 Å². The predicted octanol–water partition coefficient (Wildman–Crippen LogP) is 2.92. The van der Waals surface area contributed by atoms with E-state index in [0.717, 1.165) is 21.5 Å².